The molecule has 0 unspecified atom stereocenters. The van der Waals surface area contributed by atoms with Gasteiger partial charge in [0, 0.05) is 22.3 Å². The summed E-state index contributed by atoms with van der Waals surface area (Å²) >= 11 is 0. The summed E-state index contributed by atoms with van der Waals surface area (Å²) < 4.78 is 0. The monoisotopic (exact) mass is 965 g/mol. The predicted molar refractivity (Wildman–Crippen MR) is 321 cm³/mol. The van der Waals surface area contributed by atoms with Crippen LogP contribution < -0.4 is 4.90 Å². The summed E-state index contributed by atoms with van der Waals surface area (Å²) in [6, 6.07) is 114. The van der Waals surface area contributed by atoms with Crippen molar-refractivity contribution < 1.29 is 0 Å². The van der Waals surface area contributed by atoms with E-state index in [4.69, 9.17) is 0 Å². The van der Waals surface area contributed by atoms with E-state index in [0.717, 1.165) is 28.2 Å². The van der Waals surface area contributed by atoms with Gasteiger partial charge in [-0.3, -0.25) is 0 Å². The molecule has 76 heavy (non-hydrogen) atoms. The first-order chi connectivity index (χ1) is 37.7. The molecule has 0 amide bonds. The number of benzene rings is 13. The fourth-order valence-electron chi connectivity index (χ4n) is 12.3. The molecule has 0 saturated carbocycles. The maximum absolute atomic E-state index is 2.54. The highest BCUT2D eigenvalue weighted by atomic mass is 15.1. The fourth-order valence-corrected chi connectivity index (χ4v) is 12.3. The summed E-state index contributed by atoms with van der Waals surface area (Å²) in [4.78, 5) is 2.54. The Labute approximate surface area is 444 Å². The zero-order valence-corrected chi connectivity index (χ0v) is 41.9. The Morgan fingerprint density at radius 3 is 1.17 bits per heavy atom. The van der Waals surface area contributed by atoms with Gasteiger partial charge in [-0.25, -0.2) is 0 Å². The quantitative estimate of drug-likeness (QED) is 0.123. The molecular formula is C75H51N. The molecule has 0 N–H and O–H groups in total. The zero-order valence-electron chi connectivity index (χ0n) is 41.9. The van der Waals surface area contributed by atoms with Crippen molar-refractivity contribution in [3.8, 4) is 66.8 Å². The standard InChI is InChI=1S/C75H51N/c1-5-20-52(21-6-1)54-36-38-55(39-37-54)56-40-42-57(43-41-56)58-44-46-63(47-45-58)76(64-48-49-72-70(51-64)67-32-17-18-35-71(67)75(72,61-26-9-3-10-27-61)62-28-11-4-12-29-62)74-69-34-16-14-31-66(69)65-30-13-15-33-68(65)73(74)60-25-19-24-59(50-60)53-22-7-2-8-23-53/h1-51H. The van der Waals surface area contributed by atoms with Crippen LogP contribution in [0.4, 0.5) is 17.1 Å². The minimum absolute atomic E-state index is 0.515. The molecule has 13 aromatic rings. The van der Waals surface area contributed by atoms with Crippen molar-refractivity contribution in [1.82, 2.24) is 0 Å². The van der Waals surface area contributed by atoms with Crippen LogP contribution in [0.3, 0.4) is 0 Å². The van der Waals surface area contributed by atoms with Crippen molar-refractivity contribution in [2.75, 3.05) is 4.90 Å². The van der Waals surface area contributed by atoms with Crippen molar-refractivity contribution in [3.05, 3.63) is 332 Å². The molecule has 0 saturated heterocycles. The molecule has 1 nitrogen and oxygen atoms in total. The molecule has 0 aromatic heterocycles. The van der Waals surface area contributed by atoms with E-state index in [1.807, 2.05) is 0 Å². The second kappa shape index (κ2) is 18.9. The van der Waals surface area contributed by atoms with Gasteiger partial charge < -0.3 is 4.90 Å². The Hall–Kier alpha value is -9.82. The molecule has 13 aromatic carbocycles. The second-order valence-corrected chi connectivity index (χ2v) is 19.9. The van der Waals surface area contributed by atoms with Crippen LogP contribution in [0.5, 0.6) is 0 Å². The van der Waals surface area contributed by atoms with Gasteiger partial charge in [0.05, 0.1) is 11.1 Å². The number of rotatable bonds is 10. The Morgan fingerprint density at radius 2 is 0.605 bits per heavy atom. The maximum atomic E-state index is 2.54. The fraction of sp³-hybridized carbons (Fsp3) is 0.0133. The van der Waals surface area contributed by atoms with E-state index in [2.05, 4.69) is 314 Å². The molecule has 0 aliphatic heterocycles. The highest BCUT2D eigenvalue weighted by Crippen LogP contribution is 2.58. The number of hydrogen-bond donors (Lipinski definition) is 0. The molecule has 356 valence electrons. The van der Waals surface area contributed by atoms with E-state index >= 15 is 0 Å². The van der Waals surface area contributed by atoms with E-state index < -0.39 is 5.41 Å². The lowest BCUT2D eigenvalue weighted by molar-refractivity contribution is 0.768. The molecule has 0 atom stereocenters. The van der Waals surface area contributed by atoms with Gasteiger partial charge in [-0.2, -0.15) is 0 Å². The van der Waals surface area contributed by atoms with E-state index in [0.29, 0.717) is 0 Å². The normalized spacial score (nSPS) is 12.3. The largest absolute Gasteiger partial charge is 0.309 e. The van der Waals surface area contributed by atoms with Gasteiger partial charge in [-0.15, -0.1) is 0 Å². The number of hydrogen-bond acceptors (Lipinski definition) is 1. The highest BCUT2D eigenvalue weighted by Gasteiger charge is 2.46. The van der Waals surface area contributed by atoms with E-state index in [9.17, 15) is 0 Å². The zero-order chi connectivity index (χ0) is 50.4. The van der Waals surface area contributed by atoms with Gasteiger partial charge in [0.2, 0.25) is 0 Å². The van der Waals surface area contributed by atoms with E-state index in [1.165, 1.54) is 99.4 Å². The molecule has 0 heterocycles. The van der Waals surface area contributed by atoms with Crippen molar-refractivity contribution in [2.24, 2.45) is 0 Å². The van der Waals surface area contributed by atoms with Crippen LogP contribution in [0.2, 0.25) is 0 Å². The van der Waals surface area contributed by atoms with Gasteiger partial charge in [0.15, 0.2) is 0 Å². The third kappa shape index (κ3) is 7.55. The maximum Gasteiger partial charge on any atom is 0.0713 e. The Balaban J connectivity index is 0.975. The van der Waals surface area contributed by atoms with Gasteiger partial charge in [0.1, 0.15) is 0 Å². The predicted octanol–water partition coefficient (Wildman–Crippen LogP) is 20.2. The van der Waals surface area contributed by atoms with Crippen molar-refractivity contribution in [1.29, 1.82) is 0 Å². The van der Waals surface area contributed by atoms with Gasteiger partial charge in [-0.1, -0.05) is 279 Å². The summed E-state index contributed by atoms with van der Waals surface area (Å²) in [6.07, 6.45) is 0. The molecule has 0 fully saturated rings. The van der Waals surface area contributed by atoms with Crippen molar-refractivity contribution in [2.45, 2.75) is 5.41 Å². The molecule has 14 rings (SSSR count). The third-order valence-electron chi connectivity index (χ3n) is 15.8. The summed E-state index contributed by atoms with van der Waals surface area (Å²) in [5, 5.41) is 4.83. The molecule has 1 aliphatic rings. The Bertz CT molecular complexity index is 4180. The van der Waals surface area contributed by atoms with Gasteiger partial charge in [-0.05, 0) is 130 Å². The molecule has 0 bridgehead atoms. The van der Waals surface area contributed by atoms with Gasteiger partial charge >= 0.3 is 0 Å². The molecule has 0 radical (unpaired) electrons. The third-order valence-corrected chi connectivity index (χ3v) is 15.8. The van der Waals surface area contributed by atoms with Crippen LogP contribution >= 0.6 is 0 Å². The Morgan fingerprint density at radius 1 is 0.224 bits per heavy atom. The molecule has 0 spiro atoms. The number of fused-ring (bicyclic) bond motifs is 6. The SMILES string of the molecule is c1ccc(-c2ccc(-c3ccc(-c4ccc(N(c5ccc6c(c5)-c5ccccc5C6(c5ccccc5)c5ccccc5)c5c(-c6cccc(-c7ccccc7)c6)c6ccccc6c6ccccc56)cc4)cc3)cc2)cc1. The lowest BCUT2D eigenvalue weighted by Gasteiger charge is -2.34. The molecular weight excluding hydrogens is 915 g/mol. The first kappa shape index (κ1) is 44.8. The topological polar surface area (TPSA) is 3.24 Å². The van der Waals surface area contributed by atoms with E-state index in [-0.39, 0.29) is 0 Å². The van der Waals surface area contributed by atoms with Gasteiger partial charge in [0.25, 0.3) is 0 Å². The second-order valence-electron chi connectivity index (χ2n) is 19.9. The average molecular weight is 966 g/mol. The minimum atomic E-state index is -0.515. The lowest BCUT2D eigenvalue weighted by atomic mass is 9.68. The van der Waals surface area contributed by atoms with Crippen LogP contribution in [-0.2, 0) is 5.41 Å². The highest BCUT2D eigenvalue weighted by molar-refractivity contribution is 6.22. The lowest BCUT2D eigenvalue weighted by Crippen LogP contribution is -2.28. The van der Waals surface area contributed by atoms with E-state index in [1.54, 1.807) is 0 Å². The number of nitrogens with zero attached hydrogens (tertiary/aromatic N) is 1. The van der Waals surface area contributed by atoms with Crippen molar-refractivity contribution >= 4 is 38.6 Å². The summed E-state index contributed by atoms with van der Waals surface area (Å²) in [5.41, 5.74) is 22.2. The smallest absolute Gasteiger partial charge is 0.0713 e. The van der Waals surface area contributed by atoms with Crippen LogP contribution in [0.25, 0.3) is 88.3 Å². The summed E-state index contributed by atoms with van der Waals surface area (Å²) in [5.74, 6) is 0. The van der Waals surface area contributed by atoms with Crippen molar-refractivity contribution in [3.63, 3.8) is 0 Å². The summed E-state index contributed by atoms with van der Waals surface area (Å²) in [6.45, 7) is 0. The van der Waals surface area contributed by atoms with Crippen LogP contribution in [-0.4, -0.2) is 0 Å². The first-order valence-electron chi connectivity index (χ1n) is 26.3. The van der Waals surface area contributed by atoms with Crippen LogP contribution in [0.1, 0.15) is 22.3 Å². The van der Waals surface area contributed by atoms with Crippen LogP contribution in [0.15, 0.2) is 309 Å². The first-order valence-corrected chi connectivity index (χ1v) is 26.3. The summed E-state index contributed by atoms with van der Waals surface area (Å²) in [7, 11) is 0. The molecule has 1 heteroatoms. The Kier molecular flexibility index (Phi) is 11.2. The minimum Gasteiger partial charge on any atom is -0.309 e. The number of anilines is 3. The van der Waals surface area contributed by atoms with Crippen LogP contribution in [0, 0.1) is 0 Å². The molecule has 1 aliphatic carbocycles. The average Bonchev–Trinajstić information content (AvgIpc) is 3.90.